The molecule has 0 spiro atoms. The topological polar surface area (TPSA) is 45.3 Å². The second-order valence-electron chi connectivity index (χ2n) is 9.32. The van der Waals surface area contributed by atoms with Crippen molar-refractivity contribution in [1.82, 2.24) is 9.88 Å². The Kier molecular flexibility index (Phi) is 4.92. The second kappa shape index (κ2) is 7.55. The molecule has 1 N–H and O–H groups in total. The summed E-state index contributed by atoms with van der Waals surface area (Å²) in [5.41, 5.74) is 4.20. The number of benzene rings is 1. The molecule has 1 saturated carbocycles. The maximum Gasteiger partial charge on any atom is 0.308 e. The number of hydrogen-bond donors (Lipinski definition) is 1. The lowest BCUT2D eigenvalue weighted by Crippen LogP contribution is -2.48. The van der Waals surface area contributed by atoms with Crippen LogP contribution in [0.25, 0.3) is 10.9 Å². The van der Waals surface area contributed by atoms with E-state index in [0.29, 0.717) is 24.5 Å². The minimum atomic E-state index is 0.0605. The van der Waals surface area contributed by atoms with Gasteiger partial charge in [-0.15, -0.1) is 0 Å². The van der Waals surface area contributed by atoms with Crippen LogP contribution in [0.3, 0.4) is 0 Å². The number of aromatic nitrogens is 1. The first kappa shape index (κ1) is 18.2. The van der Waals surface area contributed by atoms with Crippen LogP contribution in [0.4, 0.5) is 0 Å². The van der Waals surface area contributed by atoms with Gasteiger partial charge in [0.05, 0.1) is 12.5 Å². The molecule has 2 aliphatic carbocycles. The summed E-state index contributed by atoms with van der Waals surface area (Å²) in [7, 11) is 2.24. The molecule has 1 aliphatic heterocycles. The number of nitrogens with zero attached hydrogens (tertiary/aromatic N) is 1. The van der Waals surface area contributed by atoms with E-state index in [4.69, 9.17) is 4.74 Å². The average Bonchev–Trinajstić information content (AvgIpc) is 2.94. The molecule has 1 saturated heterocycles. The van der Waals surface area contributed by atoms with E-state index in [1.165, 1.54) is 47.7 Å². The first-order valence-corrected chi connectivity index (χ1v) is 11.2. The van der Waals surface area contributed by atoms with Gasteiger partial charge in [0.25, 0.3) is 0 Å². The van der Waals surface area contributed by atoms with E-state index in [1.54, 1.807) is 0 Å². The summed E-state index contributed by atoms with van der Waals surface area (Å²) in [5, 5.41) is 1.44. The molecule has 1 aromatic heterocycles. The van der Waals surface area contributed by atoms with Gasteiger partial charge >= 0.3 is 5.97 Å². The fourth-order valence-electron chi connectivity index (χ4n) is 6.01. The monoisotopic (exact) mass is 380 g/mol. The Morgan fingerprint density at radius 2 is 2.04 bits per heavy atom. The number of esters is 1. The molecular formula is C24H32N2O2. The van der Waals surface area contributed by atoms with Crippen molar-refractivity contribution >= 4 is 16.9 Å². The molecule has 2 aromatic rings. The molecule has 1 aromatic carbocycles. The van der Waals surface area contributed by atoms with Crippen LogP contribution >= 0.6 is 0 Å². The van der Waals surface area contributed by atoms with Crippen molar-refractivity contribution in [2.45, 2.75) is 63.3 Å². The zero-order valence-corrected chi connectivity index (χ0v) is 17.0. The summed E-state index contributed by atoms with van der Waals surface area (Å²) in [6.07, 6.45) is 11.4. The number of ether oxygens (including phenoxy) is 1. The van der Waals surface area contributed by atoms with E-state index in [-0.39, 0.29) is 11.9 Å². The third-order valence-electron chi connectivity index (χ3n) is 7.46. The zero-order valence-electron chi connectivity index (χ0n) is 17.0. The van der Waals surface area contributed by atoms with Crippen molar-refractivity contribution in [3.8, 4) is 0 Å². The van der Waals surface area contributed by atoms with Gasteiger partial charge in [-0.05, 0) is 49.9 Å². The first-order valence-electron chi connectivity index (χ1n) is 11.2. The molecule has 150 valence electrons. The number of rotatable bonds is 3. The molecule has 0 amide bonds. The van der Waals surface area contributed by atoms with Crippen molar-refractivity contribution in [2.24, 2.45) is 11.8 Å². The number of hydrogen-bond acceptors (Lipinski definition) is 3. The lowest BCUT2D eigenvalue weighted by molar-refractivity contribution is -0.151. The van der Waals surface area contributed by atoms with Gasteiger partial charge in [0.2, 0.25) is 0 Å². The number of carbonyl (C=O) groups is 1. The predicted molar refractivity (Wildman–Crippen MR) is 111 cm³/mol. The Labute approximate surface area is 167 Å². The number of fused-ring (bicyclic) bond motifs is 2. The maximum absolute atomic E-state index is 12.6. The fourth-order valence-corrected chi connectivity index (χ4v) is 6.01. The van der Waals surface area contributed by atoms with Crippen molar-refractivity contribution in [2.75, 3.05) is 20.2 Å². The van der Waals surface area contributed by atoms with Gasteiger partial charge in [-0.1, -0.05) is 37.8 Å². The number of aromatic amines is 1. The highest BCUT2D eigenvalue weighted by molar-refractivity contribution is 5.88. The minimum absolute atomic E-state index is 0.0605. The number of H-pyrrole nitrogens is 1. The van der Waals surface area contributed by atoms with Gasteiger partial charge < -0.3 is 14.6 Å². The van der Waals surface area contributed by atoms with E-state index in [1.807, 2.05) is 0 Å². The molecule has 4 nitrogen and oxygen atoms in total. The van der Waals surface area contributed by atoms with E-state index >= 15 is 0 Å². The van der Waals surface area contributed by atoms with E-state index in [2.05, 4.69) is 41.3 Å². The van der Waals surface area contributed by atoms with Crippen LogP contribution in [0.15, 0.2) is 24.4 Å². The SMILES string of the molecule is CN1C[C@H](COC(=O)C2CCCCCC2)C[C@@H]2c3cccc4[nH]cc(c34)C[C@H]21. The highest BCUT2D eigenvalue weighted by Gasteiger charge is 2.39. The van der Waals surface area contributed by atoms with Crippen LogP contribution in [-0.4, -0.2) is 42.1 Å². The van der Waals surface area contributed by atoms with Crippen LogP contribution in [0, 0.1) is 11.8 Å². The first-order chi connectivity index (χ1) is 13.7. The Balaban J connectivity index is 1.28. The van der Waals surface area contributed by atoms with Gasteiger partial charge in [-0.2, -0.15) is 0 Å². The summed E-state index contributed by atoms with van der Waals surface area (Å²) < 4.78 is 5.86. The molecule has 28 heavy (non-hydrogen) atoms. The molecule has 2 fully saturated rings. The van der Waals surface area contributed by atoms with Crippen LogP contribution in [0.5, 0.6) is 0 Å². The Bertz CT molecular complexity index is 849. The lowest BCUT2D eigenvalue weighted by atomic mass is 9.72. The van der Waals surface area contributed by atoms with Crippen molar-refractivity contribution in [3.05, 3.63) is 35.5 Å². The quantitative estimate of drug-likeness (QED) is 0.623. The van der Waals surface area contributed by atoms with Gasteiger partial charge in [0.15, 0.2) is 0 Å². The Morgan fingerprint density at radius 3 is 2.86 bits per heavy atom. The lowest BCUT2D eigenvalue weighted by Gasteiger charge is -2.45. The third-order valence-corrected chi connectivity index (χ3v) is 7.46. The van der Waals surface area contributed by atoms with E-state index in [0.717, 1.165) is 32.2 Å². The molecule has 0 bridgehead atoms. The summed E-state index contributed by atoms with van der Waals surface area (Å²) in [6.45, 7) is 1.60. The fraction of sp³-hybridized carbons (Fsp3) is 0.625. The Morgan fingerprint density at radius 1 is 1.21 bits per heavy atom. The smallest absolute Gasteiger partial charge is 0.308 e. The predicted octanol–water partition coefficient (Wildman–Crippen LogP) is 4.64. The van der Waals surface area contributed by atoms with Gasteiger partial charge in [0.1, 0.15) is 0 Å². The number of nitrogens with one attached hydrogen (secondary N) is 1. The third kappa shape index (κ3) is 3.26. The minimum Gasteiger partial charge on any atom is -0.465 e. The van der Waals surface area contributed by atoms with Gasteiger partial charge in [-0.25, -0.2) is 0 Å². The number of likely N-dealkylation sites (N-methyl/N-ethyl adjacent to an activating group) is 1. The number of piperidine rings is 1. The maximum atomic E-state index is 12.6. The van der Waals surface area contributed by atoms with Gasteiger partial charge in [-0.3, -0.25) is 4.79 Å². The van der Waals surface area contributed by atoms with Crippen LogP contribution in [0.1, 0.15) is 62.0 Å². The van der Waals surface area contributed by atoms with Crippen LogP contribution in [-0.2, 0) is 16.0 Å². The molecule has 0 unspecified atom stereocenters. The number of likely N-dealkylation sites (tertiary alicyclic amines) is 1. The standard InChI is InChI=1S/C24H32N2O2/c1-26-14-16(15-28-24(27)17-7-4-2-3-5-8-17)11-20-19-9-6-10-21-23(19)18(13-25-21)12-22(20)26/h6,9-10,13,16-17,20,22,25H,2-5,7-8,11-12,14-15H2,1H3/t16-,20-,22-/m1/s1. The second-order valence-corrected chi connectivity index (χ2v) is 9.32. The largest absolute Gasteiger partial charge is 0.465 e. The van der Waals surface area contributed by atoms with Crippen molar-refractivity contribution in [1.29, 1.82) is 0 Å². The average molecular weight is 381 g/mol. The molecule has 4 heteroatoms. The molecule has 5 rings (SSSR count). The summed E-state index contributed by atoms with van der Waals surface area (Å²) >= 11 is 0. The number of carbonyl (C=O) groups excluding carboxylic acids is 1. The molecule has 2 heterocycles. The molecule has 0 radical (unpaired) electrons. The normalized spacial score (nSPS) is 28.7. The molecular weight excluding hydrogens is 348 g/mol. The zero-order chi connectivity index (χ0) is 19.1. The summed E-state index contributed by atoms with van der Waals surface area (Å²) in [4.78, 5) is 18.6. The highest BCUT2D eigenvalue weighted by atomic mass is 16.5. The van der Waals surface area contributed by atoms with Gasteiger partial charge in [0, 0.05) is 41.5 Å². The molecule has 3 aliphatic rings. The van der Waals surface area contributed by atoms with E-state index in [9.17, 15) is 4.79 Å². The summed E-state index contributed by atoms with van der Waals surface area (Å²) in [5.74, 6) is 1.16. The highest BCUT2D eigenvalue weighted by Crippen LogP contribution is 2.44. The van der Waals surface area contributed by atoms with Crippen molar-refractivity contribution < 1.29 is 9.53 Å². The Hall–Kier alpha value is -1.81. The van der Waals surface area contributed by atoms with Crippen LogP contribution in [0.2, 0.25) is 0 Å². The van der Waals surface area contributed by atoms with Crippen molar-refractivity contribution in [3.63, 3.8) is 0 Å². The molecule has 3 atom stereocenters. The summed E-state index contributed by atoms with van der Waals surface area (Å²) in [6, 6.07) is 7.23. The van der Waals surface area contributed by atoms with E-state index < -0.39 is 0 Å². The van der Waals surface area contributed by atoms with Crippen LogP contribution < -0.4 is 0 Å².